The van der Waals surface area contributed by atoms with Gasteiger partial charge in [0.05, 0.1) is 5.54 Å². The van der Waals surface area contributed by atoms with E-state index in [4.69, 9.17) is 0 Å². The lowest BCUT2D eigenvalue weighted by atomic mass is 9.63. The molecule has 1 N–H and O–H groups in total. The Morgan fingerprint density at radius 1 is 1.27 bits per heavy atom. The van der Waals surface area contributed by atoms with Crippen molar-refractivity contribution in [2.45, 2.75) is 37.1 Å². The van der Waals surface area contributed by atoms with Gasteiger partial charge in [-0.15, -0.1) is 0 Å². The topological polar surface area (TPSA) is 41.5 Å². The quantitative estimate of drug-likeness (QED) is 0.561. The highest BCUT2D eigenvalue weighted by Gasteiger charge is 2.60. The summed E-state index contributed by atoms with van der Waals surface area (Å²) in [5, 5.41) is 3.17. The van der Waals surface area contributed by atoms with E-state index in [2.05, 4.69) is 10.3 Å². The van der Waals surface area contributed by atoms with Crippen molar-refractivity contribution in [1.82, 2.24) is 5.32 Å². The van der Waals surface area contributed by atoms with Crippen molar-refractivity contribution in [3.63, 3.8) is 0 Å². The number of carbonyl (C=O) groups excluding carboxylic acids is 1. The minimum atomic E-state index is -2.63. The maximum atomic E-state index is 12.9. The number of hydrogen-bond donors (Lipinski definition) is 1. The van der Waals surface area contributed by atoms with Crippen LogP contribution in [-0.2, 0) is 4.79 Å². The van der Waals surface area contributed by atoms with Gasteiger partial charge in [-0.25, -0.2) is 13.6 Å². The number of nitrogens with one attached hydrogen (secondary N) is 1. The van der Waals surface area contributed by atoms with Gasteiger partial charge in [-0.1, -0.05) is 0 Å². The molecule has 0 aromatic rings. The number of hydrogen-bond acceptors (Lipinski definition) is 3. The van der Waals surface area contributed by atoms with Gasteiger partial charge in [-0.2, -0.15) is 4.99 Å². The largest absolute Gasteiger partial charge is 0.317 e. The Morgan fingerprint density at radius 3 is 2.33 bits per heavy atom. The summed E-state index contributed by atoms with van der Waals surface area (Å²) in [4.78, 5) is 14.0. The van der Waals surface area contributed by atoms with Gasteiger partial charge in [0.25, 0.3) is 5.92 Å². The Morgan fingerprint density at radius 2 is 1.87 bits per heavy atom. The SMILES string of the molecule is O=C=NC1(C2CCNCC2)CC(F)(F)C1. The van der Waals surface area contributed by atoms with Gasteiger partial charge in [0.1, 0.15) is 0 Å². The zero-order chi connectivity index (χ0) is 10.9. The van der Waals surface area contributed by atoms with Crippen LogP contribution in [-0.4, -0.2) is 30.6 Å². The molecule has 0 unspecified atom stereocenters. The molecule has 3 nitrogen and oxygen atoms in total. The summed E-state index contributed by atoms with van der Waals surface area (Å²) in [7, 11) is 0. The molecule has 5 heteroatoms. The van der Waals surface area contributed by atoms with Crippen LogP contribution in [0.4, 0.5) is 8.78 Å². The van der Waals surface area contributed by atoms with Gasteiger partial charge in [0, 0.05) is 12.8 Å². The third-order valence-corrected chi connectivity index (χ3v) is 3.50. The molecule has 1 heterocycles. The first-order valence-electron chi connectivity index (χ1n) is 5.26. The average Bonchev–Trinajstić information content (AvgIpc) is 2.16. The number of isocyanates is 1. The van der Waals surface area contributed by atoms with Crippen LogP contribution >= 0.6 is 0 Å². The van der Waals surface area contributed by atoms with Crippen LogP contribution in [0, 0.1) is 5.92 Å². The summed E-state index contributed by atoms with van der Waals surface area (Å²) in [6, 6.07) is 0. The molecule has 1 saturated heterocycles. The monoisotopic (exact) mass is 216 g/mol. The van der Waals surface area contributed by atoms with Crippen molar-refractivity contribution in [2.75, 3.05) is 13.1 Å². The fourth-order valence-corrected chi connectivity index (χ4v) is 2.75. The average molecular weight is 216 g/mol. The molecule has 0 aromatic heterocycles. The molecule has 0 bridgehead atoms. The second-order valence-electron chi connectivity index (χ2n) is 4.54. The lowest BCUT2D eigenvalue weighted by Gasteiger charge is -2.49. The standard InChI is InChI=1S/C10H14F2N2O/c11-10(12)5-9(6-10,14-7-15)8-1-3-13-4-2-8/h8,13H,1-6H2. The van der Waals surface area contributed by atoms with E-state index in [1.807, 2.05) is 0 Å². The summed E-state index contributed by atoms with van der Waals surface area (Å²) in [6.45, 7) is 1.65. The van der Waals surface area contributed by atoms with E-state index in [1.165, 1.54) is 6.08 Å². The zero-order valence-electron chi connectivity index (χ0n) is 8.43. The summed E-state index contributed by atoms with van der Waals surface area (Å²) >= 11 is 0. The van der Waals surface area contributed by atoms with Crippen LogP contribution in [0.2, 0.25) is 0 Å². The molecule has 1 aliphatic carbocycles. The van der Waals surface area contributed by atoms with Crippen LogP contribution in [0.25, 0.3) is 0 Å². The number of aliphatic imine (C=N–C) groups is 1. The molecule has 0 amide bonds. The van der Waals surface area contributed by atoms with Crippen LogP contribution in [0.3, 0.4) is 0 Å². The van der Waals surface area contributed by atoms with Crippen LogP contribution in [0.5, 0.6) is 0 Å². The lowest BCUT2D eigenvalue weighted by molar-refractivity contribution is -0.140. The molecule has 0 radical (unpaired) electrons. The molecular weight excluding hydrogens is 202 g/mol. The molecule has 1 saturated carbocycles. The molecule has 2 fully saturated rings. The van der Waals surface area contributed by atoms with E-state index >= 15 is 0 Å². The Balaban J connectivity index is 2.10. The van der Waals surface area contributed by atoms with Crippen molar-refractivity contribution in [3.05, 3.63) is 0 Å². The molecule has 15 heavy (non-hydrogen) atoms. The van der Waals surface area contributed by atoms with E-state index < -0.39 is 11.5 Å². The Kier molecular flexibility index (Phi) is 2.61. The summed E-state index contributed by atoms with van der Waals surface area (Å²) in [5.41, 5.74) is -0.812. The highest BCUT2D eigenvalue weighted by molar-refractivity contribution is 5.36. The third-order valence-electron chi connectivity index (χ3n) is 3.50. The predicted molar refractivity (Wildman–Crippen MR) is 50.6 cm³/mol. The predicted octanol–water partition coefficient (Wildman–Crippen LogP) is 1.49. The fourth-order valence-electron chi connectivity index (χ4n) is 2.75. The Bertz CT molecular complexity index is 286. The highest BCUT2D eigenvalue weighted by Crippen LogP contribution is 2.53. The van der Waals surface area contributed by atoms with Crippen molar-refractivity contribution in [3.8, 4) is 0 Å². The minimum Gasteiger partial charge on any atom is -0.317 e. The second-order valence-corrected chi connectivity index (χ2v) is 4.54. The van der Waals surface area contributed by atoms with Gasteiger partial charge in [0.2, 0.25) is 6.08 Å². The molecular formula is C10H14F2N2O. The van der Waals surface area contributed by atoms with Crippen molar-refractivity contribution < 1.29 is 13.6 Å². The van der Waals surface area contributed by atoms with Gasteiger partial charge in [0.15, 0.2) is 0 Å². The van der Waals surface area contributed by atoms with Crippen molar-refractivity contribution in [2.24, 2.45) is 10.9 Å². The van der Waals surface area contributed by atoms with E-state index in [0.717, 1.165) is 25.9 Å². The number of nitrogens with zero attached hydrogens (tertiary/aromatic N) is 1. The summed E-state index contributed by atoms with van der Waals surface area (Å²) < 4.78 is 25.8. The van der Waals surface area contributed by atoms with Crippen molar-refractivity contribution >= 4 is 6.08 Å². The normalized spacial score (nSPS) is 28.9. The number of rotatable bonds is 2. The maximum Gasteiger partial charge on any atom is 0.252 e. The number of alkyl halides is 2. The molecule has 2 rings (SSSR count). The zero-order valence-corrected chi connectivity index (χ0v) is 8.43. The first kappa shape index (κ1) is 10.7. The van der Waals surface area contributed by atoms with E-state index in [9.17, 15) is 13.6 Å². The van der Waals surface area contributed by atoms with Gasteiger partial charge in [-0.3, -0.25) is 0 Å². The van der Waals surface area contributed by atoms with Crippen LogP contribution < -0.4 is 5.32 Å². The molecule has 0 aromatic carbocycles. The maximum absolute atomic E-state index is 12.9. The first-order chi connectivity index (χ1) is 7.08. The second kappa shape index (κ2) is 3.65. The Labute approximate surface area is 86.9 Å². The fraction of sp³-hybridized carbons (Fsp3) is 0.900. The van der Waals surface area contributed by atoms with Crippen LogP contribution in [0.1, 0.15) is 25.7 Å². The highest BCUT2D eigenvalue weighted by atomic mass is 19.3. The minimum absolute atomic E-state index is 0.111. The summed E-state index contributed by atoms with van der Waals surface area (Å²) in [6.07, 6.45) is 2.55. The lowest BCUT2D eigenvalue weighted by Crippen LogP contribution is -2.56. The molecule has 84 valence electrons. The molecule has 1 aliphatic heterocycles. The smallest absolute Gasteiger partial charge is 0.252 e. The van der Waals surface area contributed by atoms with Crippen LogP contribution in [0.15, 0.2) is 4.99 Å². The van der Waals surface area contributed by atoms with Gasteiger partial charge < -0.3 is 5.32 Å². The first-order valence-corrected chi connectivity index (χ1v) is 5.26. The van der Waals surface area contributed by atoms with E-state index in [-0.39, 0.29) is 18.8 Å². The van der Waals surface area contributed by atoms with Gasteiger partial charge in [-0.05, 0) is 31.8 Å². The van der Waals surface area contributed by atoms with E-state index in [0.29, 0.717) is 0 Å². The summed E-state index contributed by atoms with van der Waals surface area (Å²) in [5.74, 6) is -2.52. The number of halogens is 2. The van der Waals surface area contributed by atoms with Gasteiger partial charge >= 0.3 is 0 Å². The van der Waals surface area contributed by atoms with E-state index in [1.54, 1.807) is 0 Å². The molecule has 0 spiro atoms. The molecule has 0 atom stereocenters. The number of piperidine rings is 1. The molecule has 2 aliphatic rings. The third kappa shape index (κ3) is 1.94. The van der Waals surface area contributed by atoms with Crippen molar-refractivity contribution in [1.29, 1.82) is 0 Å². The Hall–Kier alpha value is -0.800.